The number of hydrogen-bond donors (Lipinski definition) is 1. The summed E-state index contributed by atoms with van der Waals surface area (Å²) < 4.78 is 5.57. The molecule has 5 nitrogen and oxygen atoms in total. The Hall–Kier alpha value is -2.63. The molecule has 2 aromatic rings. The smallest absolute Gasteiger partial charge is 0.278 e. The number of halogens is 1. The summed E-state index contributed by atoms with van der Waals surface area (Å²) in [5.74, 6) is -0.662. The highest BCUT2D eigenvalue weighted by Gasteiger charge is 2.39. The van der Waals surface area contributed by atoms with Gasteiger partial charge in [0.2, 0.25) is 0 Å². The van der Waals surface area contributed by atoms with Gasteiger partial charge in [-0.1, -0.05) is 35.4 Å². The molecule has 0 aromatic heterocycles. The van der Waals surface area contributed by atoms with E-state index < -0.39 is 0 Å². The Bertz CT molecular complexity index is 1030. The van der Waals surface area contributed by atoms with Crippen LogP contribution in [0.2, 0.25) is 5.02 Å². The minimum atomic E-state index is -0.350. The Morgan fingerprint density at radius 1 is 1.00 bits per heavy atom. The topological polar surface area (TPSA) is 58.6 Å². The molecule has 1 heterocycles. The molecule has 0 saturated heterocycles. The summed E-state index contributed by atoms with van der Waals surface area (Å²) in [5, 5.41) is 3.82. The summed E-state index contributed by atoms with van der Waals surface area (Å²) in [4.78, 5) is 27.8. The fraction of sp³-hybridized carbons (Fsp3) is 0.333. The van der Waals surface area contributed by atoms with Gasteiger partial charge in [0, 0.05) is 10.7 Å². The molecule has 1 aliphatic heterocycles. The van der Waals surface area contributed by atoms with Crippen LogP contribution < -0.4 is 5.32 Å². The van der Waals surface area contributed by atoms with Crippen molar-refractivity contribution >= 4 is 34.7 Å². The summed E-state index contributed by atoms with van der Waals surface area (Å²) in [6.45, 7) is 10.2. The Kier molecular flexibility index (Phi) is 6.64. The minimum Gasteiger partial charge on any atom is -0.377 e. The van der Waals surface area contributed by atoms with E-state index in [0.717, 1.165) is 27.9 Å². The molecular formula is C24H27ClN2O3. The predicted molar refractivity (Wildman–Crippen MR) is 120 cm³/mol. The van der Waals surface area contributed by atoms with Gasteiger partial charge in [-0.05, 0) is 69.5 Å². The molecule has 6 heteroatoms. The van der Waals surface area contributed by atoms with Crippen molar-refractivity contribution in [1.29, 1.82) is 0 Å². The number of rotatable bonds is 7. The molecule has 0 radical (unpaired) electrons. The molecule has 0 aliphatic carbocycles. The van der Waals surface area contributed by atoms with E-state index in [0.29, 0.717) is 17.2 Å². The molecule has 0 fully saturated rings. The third-order valence-electron chi connectivity index (χ3n) is 5.03. The number of carbonyl (C=O) groups excluding carboxylic acids is 2. The van der Waals surface area contributed by atoms with Gasteiger partial charge >= 0.3 is 0 Å². The van der Waals surface area contributed by atoms with Crippen molar-refractivity contribution in [1.82, 2.24) is 4.90 Å². The van der Waals surface area contributed by atoms with Crippen LogP contribution in [0.3, 0.4) is 0 Å². The number of carbonyl (C=O) groups is 2. The SMILES string of the molecule is Cc1ccc(C2=C(Nc3ccc(Cl)cc3C)C(=O)N(CCOC(C)C)C2=O)c(C)c1. The lowest BCUT2D eigenvalue weighted by Crippen LogP contribution is -2.35. The van der Waals surface area contributed by atoms with Crippen molar-refractivity contribution < 1.29 is 14.3 Å². The molecule has 0 saturated carbocycles. The van der Waals surface area contributed by atoms with Crippen LogP contribution in [0.1, 0.15) is 36.1 Å². The molecule has 158 valence electrons. The number of ether oxygens (including phenoxy) is 1. The fourth-order valence-electron chi connectivity index (χ4n) is 3.52. The third kappa shape index (κ3) is 4.58. The van der Waals surface area contributed by atoms with Gasteiger partial charge in [0.25, 0.3) is 11.8 Å². The zero-order valence-corrected chi connectivity index (χ0v) is 18.8. The normalized spacial score (nSPS) is 14.3. The van der Waals surface area contributed by atoms with E-state index in [4.69, 9.17) is 16.3 Å². The molecule has 0 atom stereocenters. The van der Waals surface area contributed by atoms with Gasteiger partial charge in [-0.15, -0.1) is 0 Å². The van der Waals surface area contributed by atoms with Crippen LogP contribution in [0.4, 0.5) is 5.69 Å². The van der Waals surface area contributed by atoms with E-state index in [9.17, 15) is 9.59 Å². The second kappa shape index (κ2) is 9.02. The summed E-state index contributed by atoms with van der Waals surface area (Å²) >= 11 is 6.07. The molecule has 0 spiro atoms. The van der Waals surface area contributed by atoms with Gasteiger partial charge in [0.05, 0.1) is 24.8 Å². The van der Waals surface area contributed by atoms with Crippen molar-refractivity contribution in [3.05, 3.63) is 69.4 Å². The predicted octanol–water partition coefficient (Wildman–Crippen LogP) is 4.88. The van der Waals surface area contributed by atoms with E-state index in [-0.39, 0.29) is 30.2 Å². The lowest BCUT2D eigenvalue weighted by atomic mass is 9.97. The van der Waals surface area contributed by atoms with Crippen LogP contribution in [-0.4, -0.2) is 36.0 Å². The maximum absolute atomic E-state index is 13.3. The van der Waals surface area contributed by atoms with Crippen molar-refractivity contribution in [3.63, 3.8) is 0 Å². The van der Waals surface area contributed by atoms with Crippen LogP contribution in [0.25, 0.3) is 5.57 Å². The number of aryl methyl sites for hydroxylation is 3. The number of benzene rings is 2. The van der Waals surface area contributed by atoms with Gasteiger partial charge in [0.1, 0.15) is 5.70 Å². The van der Waals surface area contributed by atoms with E-state index in [1.165, 1.54) is 4.90 Å². The number of nitrogens with zero attached hydrogens (tertiary/aromatic N) is 1. The number of amides is 2. The summed E-state index contributed by atoms with van der Waals surface area (Å²) in [6.07, 6.45) is 0.0268. The zero-order valence-electron chi connectivity index (χ0n) is 18.0. The first-order chi connectivity index (χ1) is 14.2. The summed E-state index contributed by atoms with van der Waals surface area (Å²) in [5.41, 5.74) is 5.08. The van der Waals surface area contributed by atoms with Gasteiger partial charge in [0.15, 0.2) is 0 Å². The summed E-state index contributed by atoms with van der Waals surface area (Å²) in [7, 11) is 0. The Labute approximate surface area is 182 Å². The number of anilines is 1. The Morgan fingerprint density at radius 2 is 1.73 bits per heavy atom. The van der Waals surface area contributed by atoms with Gasteiger partial charge < -0.3 is 10.1 Å². The maximum atomic E-state index is 13.3. The second-order valence-corrected chi connectivity index (χ2v) is 8.27. The monoisotopic (exact) mass is 426 g/mol. The standard InChI is InChI=1S/C24H27ClN2O3/c1-14(2)30-11-10-27-23(28)21(19-8-6-15(3)12-16(19)4)22(24(27)29)26-20-9-7-18(25)13-17(20)5/h6-9,12-14,26H,10-11H2,1-5H3. The second-order valence-electron chi connectivity index (χ2n) is 7.83. The number of imide groups is 1. The van der Waals surface area contributed by atoms with Crippen molar-refractivity contribution in [3.8, 4) is 0 Å². The first-order valence-corrected chi connectivity index (χ1v) is 10.4. The lowest BCUT2D eigenvalue weighted by Gasteiger charge is -2.17. The van der Waals surface area contributed by atoms with Gasteiger partial charge in [-0.25, -0.2) is 0 Å². The highest BCUT2D eigenvalue weighted by molar-refractivity contribution is 6.36. The largest absolute Gasteiger partial charge is 0.377 e. The van der Waals surface area contributed by atoms with Crippen LogP contribution >= 0.6 is 11.6 Å². The highest BCUT2D eigenvalue weighted by atomic mass is 35.5. The van der Waals surface area contributed by atoms with Crippen LogP contribution in [-0.2, 0) is 14.3 Å². The van der Waals surface area contributed by atoms with Gasteiger partial charge in [-0.3, -0.25) is 14.5 Å². The molecule has 1 N–H and O–H groups in total. The average molecular weight is 427 g/mol. The molecule has 30 heavy (non-hydrogen) atoms. The van der Waals surface area contributed by atoms with Crippen LogP contribution in [0.5, 0.6) is 0 Å². The Morgan fingerprint density at radius 3 is 2.37 bits per heavy atom. The minimum absolute atomic E-state index is 0.0268. The first-order valence-electron chi connectivity index (χ1n) is 10.0. The van der Waals surface area contributed by atoms with Gasteiger partial charge in [-0.2, -0.15) is 0 Å². The van der Waals surface area contributed by atoms with E-state index in [2.05, 4.69) is 5.32 Å². The molecule has 2 amide bonds. The Balaban J connectivity index is 2.03. The molecule has 0 bridgehead atoms. The fourth-order valence-corrected chi connectivity index (χ4v) is 3.75. The van der Waals surface area contributed by atoms with Crippen molar-refractivity contribution in [2.24, 2.45) is 0 Å². The summed E-state index contributed by atoms with van der Waals surface area (Å²) in [6, 6.07) is 11.2. The molecule has 3 rings (SSSR count). The first kappa shape index (κ1) is 22.1. The molecule has 2 aromatic carbocycles. The average Bonchev–Trinajstić information content (AvgIpc) is 2.88. The quantitative estimate of drug-likeness (QED) is 0.641. The third-order valence-corrected chi connectivity index (χ3v) is 5.27. The molecular weight excluding hydrogens is 400 g/mol. The van der Waals surface area contributed by atoms with E-state index in [1.54, 1.807) is 6.07 Å². The highest BCUT2D eigenvalue weighted by Crippen LogP contribution is 2.33. The van der Waals surface area contributed by atoms with Crippen LogP contribution in [0.15, 0.2) is 42.1 Å². The van der Waals surface area contributed by atoms with E-state index >= 15 is 0 Å². The van der Waals surface area contributed by atoms with E-state index in [1.807, 2.05) is 65.0 Å². The van der Waals surface area contributed by atoms with Crippen molar-refractivity contribution in [2.45, 2.75) is 40.7 Å². The zero-order chi connectivity index (χ0) is 22.0. The molecule has 0 unspecified atom stereocenters. The molecule has 1 aliphatic rings. The van der Waals surface area contributed by atoms with Crippen LogP contribution in [0, 0.1) is 20.8 Å². The lowest BCUT2D eigenvalue weighted by molar-refractivity contribution is -0.137. The number of hydrogen-bond acceptors (Lipinski definition) is 4. The van der Waals surface area contributed by atoms with Crippen molar-refractivity contribution in [2.75, 3.05) is 18.5 Å². The maximum Gasteiger partial charge on any atom is 0.278 e. The number of nitrogens with one attached hydrogen (secondary N) is 1.